The summed E-state index contributed by atoms with van der Waals surface area (Å²) in [4.78, 5) is 12.1. The van der Waals surface area contributed by atoms with E-state index in [2.05, 4.69) is 20.8 Å². The first-order valence-electron chi connectivity index (χ1n) is 7.40. The average molecular weight is 314 g/mol. The third-order valence-corrected chi connectivity index (χ3v) is 4.35. The molecule has 0 spiro atoms. The van der Waals surface area contributed by atoms with Crippen molar-refractivity contribution >= 4 is 17.4 Å². The van der Waals surface area contributed by atoms with Crippen molar-refractivity contribution in [3.05, 3.63) is 34.6 Å². The van der Waals surface area contributed by atoms with Crippen molar-refractivity contribution < 1.29 is 9.18 Å². The van der Waals surface area contributed by atoms with E-state index in [4.69, 9.17) is 17.3 Å². The third-order valence-electron chi connectivity index (χ3n) is 3.93. The molecule has 1 rings (SSSR count). The van der Waals surface area contributed by atoms with Crippen molar-refractivity contribution in [2.75, 3.05) is 6.54 Å². The maximum absolute atomic E-state index is 13.3. The fourth-order valence-electron chi connectivity index (χ4n) is 2.53. The average Bonchev–Trinajstić information content (AvgIpc) is 2.38. The molecule has 118 valence electrons. The van der Waals surface area contributed by atoms with Crippen LogP contribution in [0.3, 0.4) is 0 Å². The summed E-state index contributed by atoms with van der Waals surface area (Å²) in [5.41, 5.74) is 6.35. The van der Waals surface area contributed by atoms with Crippen LogP contribution in [0, 0.1) is 17.2 Å². The van der Waals surface area contributed by atoms with Gasteiger partial charge in [0.1, 0.15) is 11.6 Å². The van der Waals surface area contributed by atoms with Gasteiger partial charge in [0.15, 0.2) is 0 Å². The van der Waals surface area contributed by atoms with Gasteiger partial charge in [0.2, 0.25) is 0 Å². The Hall–Kier alpha value is -0.930. The van der Waals surface area contributed by atoms with Crippen LogP contribution in [0.2, 0.25) is 5.02 Å². The molecule has 0 amide bonds. The summed E-state index contributed by atoms with van der Waals surface area (Å²) in [6, 6.07) is 4.58. The van der Waals surface area contributed by atoms with E-state index in [1.807, 2.05) is 0 Å². The van der Waals surface area contributed by atoms with Crippen LogP contribution in [0.15, 0.2) is 18.2 Å². The van der Waals surface area contributed by atoms with Crippen molar-refractivity contribution in [1.82, 2.24) is 0 Å². The van der Waals surface area contributed by atoms with Crippen LogP contribution in [0.5, 0.6) is 0 Å². The number of hydrogen-bond acceptors (Lipinski definition) is 2. The molecular formula is C17H25ClFNO. The molecule has 0 aliphatic carbocycles. The molecule has 0 saturated carbocycles. The Balaban J connectivity index is 2.59. The van der Waals surface area contributed by atoms with Gasteiger partial charge in [0, 0.05) is 12.8 Å². The zero-order valence-electron chi connectivity index (χ0n) is 13.1. The number of hydrogen-bond donors (Lipinski definition) is 1. The Labute approximate surface area is 131 Å². The number of benzene rings is 1. The van der Waals surface area contributed by atoms with E-state index in [0.29, 0.717) is 24.4 Å². The molecule has 1 unspecified atom stereocenters. The molecule has 21 heavy (non-hydrogen) atoms. The van der Waals surface area contributed by atoms with E-state index in [1.165, 1.54) is 6.07 Å². The van der Waals surface area contributed by atoms with Gasteiger partial charge >= 0.3 is 0 Å². The molecule has 0 heterocycles. The predicted molar refractivity (Wildman–Crippen MR) is 86.0 cm³/mol. The Morgan fingerprint density at radius 1 is 1.33 bits per heavy atom. The summed E-state index contributed by atoms with van der Waals surface area (Å²) >= 11 is 5.88. The lowest BCUT2D eigenvalue weighted by Crippen LogP contribution is -2.24. The van der Waals surface area contributed by atoms with Crippen molar-refractivity contribution in [3.8, 4) is 0 Å². The minimum Gasteiger partial charge on any atom is -0.330 e. The lowest BCUT2D eigenvalue weighted by molar-refractivity contribution is -0.118. The second kappa shape index (κ2) is 7.90. The maximum atomic E-state index is 13.3. The second-order valence-corrected chi connectivity index (χ2v) is 6.99. The zero-order valence-corrected chi connectivity index (χ0v) is 13.8. The van der Waals surface area contributed by atoms with E-state index in [0.717, 1.165) is 12.8 Å². The molecule has 0 aliphatic rings. The van der Waals surface area contributed by atoms with Gasteiger partial charge in [0.05, 0.1) is 5.02 Å². The third kappa shape index (κ3) is 5.76. The van der Waals surface area contributed by atoms with E-state index in [1.54, 1.807) is 12.1 Å². The van der Waals surface area contributed by atoms with Crippen molar-refractivity contribution in [3.63, 3.8) is 0 Å². The lowest BCUT2D eigenvalue weighted by atomic mass is 9.76. The first-order valence-corrected chi connectivity index (χ1v) is 7.78. The molecule has 2 nitrogen and oxygen atoms in total. The number of nitrogens with two attached hydrogens (primary N) is 1. The summed E-state index contributed by atoms with van der Waals surface area (Å²) in [5, 5.41) is 0.0557. The van der Waals surface area contributed by atoms with Crippen molar-refractivity contribution in [2.24, 2.45) is 17.1 Å². The van der Waals surface area contributed by atoms with Crippen molar-refractivity contribution in [2.45, 2.75) is 46.5 Å². The molecule has 1 atom stereocenters. The van der Waals surface area contributed by atoms with Crippen LogP contribution in [-0.2, 0) is 11.2 Å². The molecule has 0 saturated heterocycles. The standard InChI is InChI=1S/C17H25ClFNO/c1-17(2,3)13(9-10-20)7-8-14(21)11-12-5-4-6-15(19)16(12)18/h4-6,13H,7-11,20H2,1-3H3. The molecule has 1 aromatic rings. The highest BCUT2D eigenvalue weighted by Crippen LogP contribution is 2.32. The van der Waals surface area contributed by atoms with Crippen LogP contribution in [-0.4, -0.2) is 12.3 Å². The van der Waals surface area contributed by atoms with Gasteiger partial charge in [-0.15, -0.1) is 0 Å². The monoisotopic (exact) mass is 313 g/mol. The zero-order chi connectivity index (χ0) is 16.0. The summed E-state index contributed by atoms with van der Waals surface area (Å²) < 4.78 is 13.3. The fraction of sp³-hybridized carbons (Fsp3) is 0.588. The number of Topliss-reactive ketones (excluding diaryl/α,β-unsaturated/α-hetero) is 1. The minimum atomic E-state index is -0.474. The molecule has 4 heteroatoms. The molecule has 0 aliphatic heterocycles. The summed E-state index contributed by atoms with van der Waals surface area (Å²) in [5.74, 6) is 0.0286. The number of halogens is 2. The van der Waals surface area contributed by atoms with Crippen LogP contribution in [0.4, 0.5) is 4.39 Å². The van der Waals surface area contributed by atoms with Crippen LogP contribution in [0.25, 0.3) is 0 Å². The molecule has 1 aromatic carbocycles. The van der Waals surface area contributed by atoms with E-state index in [-0.39, 0.29) is 22.6 Å². The minimum absolute atomic E-state index is 0.0557. The molecule has 0 aromatic heterocycles. The highest BCUT2D eigenvalue weighted by molar-refractivity contribution is 6.31. The van der Waals surface area contributed by atoms with Crippen LogP contribution >= 0.6 is 11.6 Å². The van der Waals surface area contributed by atoms with Gasteiger partial charge in [-0.25, -0.2) is 4.39 Å². The number of rotatable bonds is 7. The van der Waals surface area contributed by atoms with E-state index < -0.39 is 5.82 Å². The molecular weight excluding hydrogens is 289 g/mol. The van der Waals surface area contributed by atoms with E-state index >= 15 is 0 Å². The highest BCUT2D eigenvalue weighted by atomic mass is 35.5. The number of carbonyl (C=O) groups excluding carboxylic acids is 1. The fourth-order valence-corrected chi connectivity index (χ4v) is 2.73. The SMILES string of the molecule is CC(C)(C)C(CCN)CCC(=O)Cc1cccc(F)c1Cl. The second-order valence-electron chi connectivity index (χ2n) is 6.61. The molecule has 0 fully saturated rings. The van der Waals surface area contributed by atoms with E-state index in [9.17, 15) is 9.18 Å². The Morgan fingerprint density at radius 3 is 2.57 bits per heavy atom. The molecule has 0 bridgehead atoms. The Bertz CT molecular complexity index is 482. The smallest absolute Gasteiger partial charge is 0.142 e. The number of ketones is 1. The van der Waals surface area contributed by atoms with Crippen molar-refractivity contribution in [1.29, 1.82) is 0 Å². The van der Waals surface area contributed by atoms with Gasteiger partial charge in [0.25, 0.3) is 0 Å². The summed E-state index contributed by atoms with van der Waals surface area (Å²) in [6.45, 7) is 7.13. The lowest BCUT2D eigenvalue weighted by Gasteiger charge is -2.30. The predicted octanol–water partition coefficient (Wildman–Crippen LogP) is 4.38. The van der Waals surface area contributed by atoms with Crippen LogP contribution in [0.1, 0.15) is 45.6 Å². The summed E-state index contributed by atoms with van der Waals surface area (Å²) in [6.07, 6.45) is 2.40. The normalized spacial score (nSPS) is 13.2. The van der Waals surface area contributed by atoms with Gasteiger partial charge in [-0.3, -0.25) is 4.79 Å². The molecule has 2 N–H and O–H groups in total. The first kappa shape index (κ1) is 18.1. The van der Waals surface area contributed by atoms with Gasteiger partial charge in [-0.1, -0.05) is 44.5 Å². The topological polar surface area (TPSA) is 43.1 Å². The highest BCUT2D eigenvalue weighted by Gasteiger charge is 2.24. The molecule has 0 radical (unpaired) electrons. The summed E-state index contributed by atoms with van der Waals surface area (Å²) in [7, 11) is 0. The first-order chi connectivity index (χ1) is 9.75. The Kier molecular flexibility index (Phi) is 6.82. The Morgan fingerprint density at radius 2 is 2.00 bits per heavy atom. The van der Waals surface area contributed by atoms with Gasteiger partial charge < -0.3 is 5.73 Å². The van der Waals surface area contributed by atoms with Gasteiger partial charge in [-0.05, 0) is 42.3 Å². The quantitative estimate of drug-likeness (QED) is 0.811. The largest absolute Gasteiger partial charge is 0.330 e. The van der Waals surface area contributed by atoms with Gasteiger partial charge in [-0.2, -0.15) is 0 Å². The number of carbonyl (C=O) groups is 1. The van der Waals surface area contributed by atoms with Crippen LogP contribution < -0.4 is 5.73 Å². The maximum Gasteiger partial charge on any atom is 0.142 e.